The Kier molecular flexibility index (Phi) is 13.4. The zero-order valence-electron chi connectivity index (χ0n) is 31.6. The SMILES string of the molecule is CC[C@H]1OC(=O)[C@H](C)[C@@H](OC2CC(C)(C)[C@@H](O)[C@H](C)O2)[C@H](C)[C@@H](OC2O[C@H](C)C[C@H](C)[C@H]2O)C(C)(C)C[C@@H](C)C(=O)[C@H](C)[C@@H](O)[C@]1(C)O. The van der Waals surface area contributed by atoms with Crippen LogP contribution in [-0.4, -0.2) is 99.2 Å². The lowest BCUT2D eigenvalue weighted by Gasteiger charge is -2.49. The number of cyclic esters (lactones) is 1. The van der Waals surface area contributed by atoms with E-state index in [4.69, 9.17) is 23.7 Å². The lowest BCUT2D eigenvalue weighted by Crippen LogP contribution is -2.58. The molecule has 3 fully saturated rings. The number of ketones is 1. The van der Waals surface area contributed by atoms with E-state index in [1.807, 2.05) is 55.4 Å². The Balaban J connectivity index is 2.16. The van der Waals surface area contributed by atoms with Gasteiger partial charge in [0.15, 0.2) is 12.6 Å². The Bertz CT molecular complexity index is 1090. The Morgan fingerprint density at radius 3 is 1.98 bits per heavy atom. The number of carbonyl (C=O) groups excluding carboxylic acids is 2. The first-order valence-electron chi connectivity index (χ1n) is 18.1. The van der Waals surface area contributed by atoms with Gasteiger partial charge in [-0.2, -0.15) is 0 Å². The molecule has 0 saturated carbocycles. The third-order valence-corrected chi connectivity index (χ3v) is 11.6. The van der Waals surface area contributed by atoms with Crippen LogP contribution in [-0.2, 0) is 33.3 Å². The summed E-state index contributed by atoms with van der Waals surface area (Å²) in [4.78, 5) is 27.9. The van der Waals surface area contributed by atoms with Crippen molar-refractivity contribution in [1.29, 1.82) is 0 Å². The number of carbonyl (C=O) groups is 2. The van der Waals surface area contributed by atoms with Gasteiger partial charge in [-0.3, -0.25) is 9.59 Å². The van der Waals surface area contributed by atoms with Crippen LogP contribution in [0.3, 0.4) is 0 Å². The minimum atomic E-state index is -1.91. The number of hydrogen-bond acceptors (Lipinski definition) is 11. The maximum Gasteiger partial charge on any atom is 0.311 e. The maximum atomic E-state index is 14.0. The van der Waals surface area contributed by atoms with Gasteiger partial charge < -0.3 is 44.1 Å². The van der Waals surface area contributed by atoms with Crippen LogP contribution in [0.4, 0.5) is 0 Å². The molecule has 11 nitrogen and oxygen atoms in total. The fourth-order valence-electron chi connectivity index (χ4n) is 8.55. The predicted octanol–water partition coefficient (Wildman–Crippen LogP) is 4.39. The summed E-state index contributed by atoms with van der Waals surface area (Å²) in [6, 6.07) is 0. The lowest BCUT2D eigenvalue weighted by molar-refractivity contribution is -0.305. The monoisotopic (exact) mass is 686 g/mol. The molecule has 3 rings (SSSR count). The highest BCUT2D eigenvalue weighted by Crippen LogP contribution is 2.44. The van der Waals surface area contributed by atoms with Crippen LogP contribution in [0.25, 0.3) is 0 Å². The molecule has 0 radical (unpaired) electrons. The van der Waals surface area contributed by atoms with Crippen molar-refractivity contribution in [3.8, 4) is 0 Å². The highest BCUT2D eigenvalue weighted by Gasteiger charge is 2.52. The van der Waals surface area contributed by atoms with E-state index in [-0.39, 0.29) is 24.2 Å². The molecule has 48 heavy (non-hydrogen) atoms. The van der Waals surface area contributed by atoms with Gasteiger partial charge in [-0.05, 0) is 63.7 Å². The standard InChI is InChI=1S/C37H66O11/c1-14-25-37(13,43)30(40)21(5)27(38)19(3)16-36(11,12)32(48-34-28(39)18(2)15-20(4)44-34)22(6)29(23(7)33(42)46-25)47-26-17-35(9,10)31(41)24(8)45-26/h18-26,28-32,34,39-41,43H,14-17H2,1-13H3/t18-,19+,20+,21-,22-,23+,24-,25+,26?,28+,29-,30+,31-,32+,34?,37+/m0/s1. The van der Waals surface area contributed by atoms with Gasteiger partial charge in [0.05, 0.1) is 42.5 Å². The molecule has 16 atom stereocenters. The summed E-state index contributed by atoms with van der Waals surface area (Å²) in [5, 5.41) is 44.9. The number of rotatable bonds is 5. The predicted molar refractivity (Wildman–Crippen MR) is 179 cm³/mol. The van der Waals surface area contributed by atoms with E-state index in [1.165, 1.54) is 6.92 Å². The number of esters is 1. The molecule has 0 bridgehead atoms. The van der Waals surface area contributed by atoms with Gasteiger partial charge in [0.25, 0.3) is 0 Å². The zero-order chi connectivity index (χ0) is 36.7. The van der Waals surface area contributed by atoms with Gasteiger partial charge >= 0.3 is 5.97 Å². The van der Waals surface area contributed by atoms with E-state index in [0.29, 0.717) is 19.3 Å². The molecule has 11 heteroatoms. The van der Waals surface area contributed by atoms with Crippen LogP contribution in [0.15, 0.2) is 0 Å². The topological polar surface area (TPSA) is 161 Å². The van der Waals surface area contributed by atoms with Gasteiger partial charge in [0.2, 0.25) is 0 Å². The molecule has 2 unspecified atom stereocenters. The fraction of sp³-hybridized carbons (Fsp3) is 0.946. The minimum absolute atomic E-state index is 0.0796. The summed E-state index contributed by atoms with van der Waals surface area (Å²) in [6.07, 6.45) is -6.61. The molecule has 3 saturated heterocycles. The summed E-state index contributed by atoms with van der Waals surface area (Å²) in [5.41, 5.74) is -3.19. The van der Waals surface area contributed by atoms with E-state index >= 15 is 0 Å². The van der Waals surface area contributed by atoms with Gasteiger partial charge in [-0.1, -0.05) is 62.3 Å². The quantitative estimate of drug-likeness (QED) is 0.304. The summed E-state index contributed by atoms with van der Waals surface area (Å²) >= 11 is 0. The average Bonchev–Trinajstić information content (AvgIpc) is 2.99. The van der Waals surface area contributed by atoms with Crippen molar-refractivity contribution in [3.63, 3.8) is 0 Å². The summed E-state index contributed by atoms with van der Waals surface area (Å²) < 4.78 is 31.8. The first kappa shape index (κ1) is 41.2. The largest absolute Gasteiger partial charge is 0.459 e. The molecule has 3 aliphatic rings. The molecule has 0 aromatic carbocycles. The van der Waals surface area contributed by atoms with Gasteiger partial charge in [-0.15, -0.1) is 0 Å². The highest BCUT2D eigenvalue weighted by molar-refractivity contribution is 5.83. The summed E-state index contributed by atoms with van der Waals surface area (Å²) in [5.74, 6) is -3.87. The molecule has 0 aliphatic carbocycles. The van der Waals surface area contributed by atoms with Crippen molar-refractivity contribution in [1.82, 2.24) is 0 Å². The van der Waals surface area contributed by atoms with Gasteiger partial charge in [0.1, 0.15) is 23.6 Å². The second-order valence-corrected chi connectivity index (χ2v) is 17.0. The molecule has 0 aromatic rings. The molecule has 280 valence electrons. The van der Waals surface area contributed by atoms with E-state index in [1.54, 1.807) is 27.7 Å². The maximum absolute atomic E-state index is 14.0. The van der Waals surface area contributed by atoms with Crippen molar-refractivity contribution >= 4 is 11.8 Å². The van der Waals surface area contributed by atoms with Crippen molar-refractivity contribution in [3.05, 3.63) is 0 Å². The third kappa shape index (κ3) is 8.81. The Hall–Kier alpha value is -1.18. The molecular formula is C37H66O11. The molecular weight excluding hydrogens is 620 g/mol. The molecule has 0 amide bonds. The van der Waals surface area contributed by atoms with E-state index in [9.17, 15) is 30.0 Å². The molecule has 4 N–H and O–H groups in total. The average molecular weight is 687 g/mol. The number of Topliss-reactive ketones (excluding diaryl/α,β-unsaturated/α-hetero) is 1. The Labute approximate surface area is 288 Å². The van der Waals surface area contributed by atoms with Crippen molar-refractivity contribution < 1.29 is 53.7 Å². The first-order valence-corrected chi connectivity index (χ1v) is 18.1. The smallest absolute Gasteiger partial charge is 0.311 e. The van der Waals surface area contributed by atoms with E-state index in [0.717, 1.165) is 0 Å². The number of aliphatic hydroxyl groups excluding tert-OH is 3. The van der Waals surface area contributed by atoms with Crippen LogP contribution in [0.5, 0.6) is 0 Å². The lowest BCUT2D eigenvalue weighted by atomic mass is 9.69. The first-order chi connectivity index (χ1) is 22.0. The number of aliphatic hydroxyl groups is 4. The number of ether oxygens (including phenoxy) is 5. The second-order valence-electron chi connectivity index (χ2n) is 17.0. The van der Waals surface area contributed by atoms with Crippen LogP contribution in [0.1, 0.15) is 116 Å². The van der Waals surface area contributed by atoms with Crippen LogP contribution in [0, 0.1) is 40.4 Å². The summed E-state index contributed by atoms with van der Waals surface area (Å²) in [6.45, 7) is 23.7. The van der Waals surface area contributed by atoms with Crippen LogP contribution < -0.4 is 0 Å². The molecule has 3 heterocycles. The minimum Gasteiger partial charge on any atom is -0.459 e. The molecule has 0 spiro atoms. The van der Waals surface area contributed by atoms with Crippen LogP contribution in [0.2, 0.25) is 0 Å². The number of hydrogen-bond donors (Lipinski definition) is 4. The fourth-order valence-corrected chi connectivity index (χ4v) is 8.55. The normalized spacial score (nSPS) is 48.0. The van der Waals surface area contributed by atoms with E-state index in [2.05, 4.69) is 0 Å². The molecule has 3 aliphatic heterocycles. The summed E-state index contributed by atoms with van der Waals surface area (Å²) in [7, 11) is 0. The van der Waals surface area contributed by atoms with Gasteiger partial charge in [-0.25, -0.2) is 0 Å². The zero-order valence-corrected chi connectivity index (χ0v) is 31.6. The van der Waals surface area contributed by atoms with Crippen LogP contribution >= 0.6 is 0 Å². The van der Waals surface area contributed by atoms with Crippen molar-refractivity contribution in [2.45, 2.75) is 183 Å². The molecule has 0 aromatic heterocycles. The Morgan fingerprint density at radius 2 is 1.42 bits per heavy atom. The van der Waals surface area contributed by atoms with E-state index < -0.39 is 101 Å². The third-order valence-electron chi connectivity index (χ3n) is 11.6. The van der Waals surface area contributed by atoms with Crippen molar-refractivity contribution in [2.75, 3.05) is 0 Å². The van der Waals surface area contributed by atoms with Gasteiger partial charge in [0, 0.05) is 24.2 Å². The van der Waals surface area contributed by atoms with Crippen molar-refractivity contribution in [2.24, 2.45) is 40.4 Å². The highest BCUT2D eigenvalue weighted by atomic mass is 16.7. The second kappa shape index (κ2) is 15.6. The Morgan fingerprint density at radius 1 is 0.812 bits per heavy atom.